The van der Waals surface area contributed by atoms with Crippen molar-refractivity contribution in [1.82, 2.24) is 4.98 Å². The highest BCUT2D eigenvalue weighted by molar-refractivity contribution is 5.79. The molecule has 150 valence electrons. The fourth-order valence-corrected chi connectivity index (χ4v) is 2.09. The molecular formula is C17H22F3N3O4. The first kappa shape index (κ1) is 22.5. The molecule has 1 atom stereocenters. The van der Waals surface area contributed by atoms with E-state index in [0.29, 0.717) is 24.3 Å². The van der Waals surface area contributed by atoms with Crippen LogP contribution in [0.25, 0.3) is 10.9 Å². The lowest BCUT2D eigenvalue weighted by molar-refractivity contribution is -0.192. The summed E-state index contributed by atoms with van der Waals surface area (Å²) in [6.45, 7) is 4.94. The quantitative estimate of drug-likeness (QED) is 0.602. The third-order valence-electron chi connectivity index (χ3n) is 3.23. The van der Waals surface area contributed by atoms with Crippen LogP contribution in [0.4, 0.5) is 19.0 Å². The molecule has 0 aliphatic rings. The number of nitrogens with one attached hydrogen (secondary N) is 2. The number of halogens is 3. The van der Waals surface area contributed by atoms with Crippen LogP contribution >= 0.6 is 0 Å². The van der Waals surface area contributed by atoms with Gasteiger partial charge in [0.25, 0.3) is 0 Å². The highest BCUT2D eigenvalue weighted by atomic mass is 19.4. The molecule has 27 heavy (non-hydrogen) atoms. The first-order chi connectivity index (χ1) is 12.5. The van der Waals surface area contributed by atoms with Crippen molar-refractivity contribution < 1.29 is 27.8 Å². The molecule has 0 fully saturated rings. The number of aliphatic carboxylic acids is 1. The number of carboxylic acid groups (broad SMARTS) is 1. The summed E-state index contributed by atoms with van der Waals surface area (Å²) >= 11 is 0. The van der Waals surface area contributed by atoms with Gasteiger partial charge < -0.3 is 25.9 Å². The fourth-order valence-electron chi connectivity index (χ4n) is 2.09. The molecule has 0 radical (unpaired) electrons. The molecule has 1 heterocycles. The van der Waals surface area contributed by atoms with E-state index in [1.54, 1.807) is 6.07 Å². The molecule has 2 aromatic rings. The molecule has 1 aromatic carbocycles. The second kappa shape index (κ2) is 9.93. The Kier molecular flexibility index (Phi) is 8.26. The highest BCUT2D eigenvalue weighted by Gasteiger charge is 2.38. The average molecular weight is 389 g/mol. The van der Waals surface area contributed by atoms with E-state index in [0.717, 1.165) is 5.52 Å². The first-order valence-corrected chi connectivity index (χ1v) is 8.06. The minimum Gasteiger partial charge on any atom is -0.475 e. The number of fused-ring (bicyclic) bond motifs is 1. The van der Waals surface area contributed by atoms with Gasteiger partial charge in [0.05, 0.1) is 17.7 Å². The molecule has 0 aliphatic carbocycles. The van der Waals surface area contributed by atoms with Crippen LogP contribution < -0.4 is 16.5 Å². The maximum absolute atomic E-state index is 12.0. The molecule has 1 aromatic heterocycles. The largest absolute Gasteiger partial charge is 0.490 e. The lowest BCUT2D eigenvalue weighted by atomic mass is 10.2. The van der Waals surface area contributed by atoms with E-state index in [4.69, 9.17) is 20.4 Å². The van der Waals surface area contributed by atoms with E-state index in [2.05, 4.69) is 10.3 Å². The van der Waals surface area contributed by atoms with Crippen molar-refractivity contribution in [3.8, 4) is 0 Å². The molecule has 0 saturated carbocycles. The lowest BCUT2D eigenvalue weighted by Gasteiger charge is -2.19. The van der Waals surface area contributed by atoms with Gasteiger partial charge in [0.2, 0.25) is 0 Å². The molecule has 0 amide bonds. The molecule has 0 saturated heterocycles. The number of carbonyl (C=O) groups is 1. The standard InChI is InChI=1S/C15H21N3O2.C2HF3O2/c1-10(2)20-11(8-16)9-17-15-7-14(19)12-5-3-4-6-13(12)18-15;3-2(4,5)1(6)7/h3-7,10-11H,8-9,16H2,1-2H3,(H2,17,18,19);(H,6,7). The Bertz CT molecular complexity index is 806. The van der Waals surface area contributed by atoms with Crippen LogP contribution in [0.5, 0.6) is 0 Å². The van der Waals surface area contributed by atoms with Gasteiger partial charge in [-0.25, -0.2) is 4.79 Å². The van der Waals surface area contributed by atoms with Crippen molar-refractivity contribution >= 4 is 22.7 Å². The van der Waals surface area contributed by atoms with E-state index in [9.17, 15) is 18.0 Å². The van der Waals surface area contributed by atoms with Gasteiger partial charge in [0, 0.05) is 24.5 Å². The van der Waals surface area contributed by atoms with Crippen LogP contribution in [0.1, 0.15) is 13.8 Å². The third-order valence-corrected chi connectivity index (χ3v) is 3.23. The van der Waals surface area contributed by atoms with Crippen LogP contribution in [-0.2, 0) is 9.53 Å². The van der Waals surface area contributed by atoms with Gasteiger partial charge in [-0.15, -0.1) is 0 Å². The molecule has 1 unspecified atom stereocenters. The number of benzene rings is 1. The average Bonchev–Trinajstić information content (AvgIpc) is 2.58. The number of hydrogen-bond donors (Lipinski definition) is 4. The van der Waals surface area contributed by atoms with Crippen molar-refractivity contribution in [3.05, 3.63) is 40.6 Å². The zero-order valence-corrected chi connectivity index (χ0v) is 14.8. The van der Waals surface area contributed by atoms with Gasteiger partial charge in [0.1, 0.15) is 5.82 Å². The monoisotopic (exact) mass is 389 g/mol. The Morgan fingerprint density at radius 2 is 1.93 bits per heavy atom. The number of aromatic amines is 1. The summed E-state index contributed by atoms with van der Waals surface area (Å²) in [7, 11) is 0. The summed E-state index contributed by atoms with van der Waals surface area (Å²) < 4.78 is 37.4. The lowest BCUT2D eigenvalue weighted by Crippen LogP contribution is -2.33. The first-order valence-electron chi connectivity index (χ1n) is 8.06. The predicted molar refractivity (Wildman–Crippen MR) is 95.8 cm³/mol. The predicted octanol–water partition coefficient (Wildman–Crippen LogP) is 2.33. The number of hydrogen-bond acceptors (Lipinski definition) is 5. The highest BCUT2D eigenvalue weighted by Crippen LogP contribution is 2.13. The zero-order valence-electron chi connectivity index (χ0n) is 14.8. The number of anilines is 1. The van der Waals surface area contributed by atoms with Crippen molar-refractivity contribution in [1.29, 1.82) is 0 Å². The minimum atomic E-state index is -5.08. The number of nitrogens with two attached hydrogens (primary N) is 1. The van der Waals surface area contributed by atoms with Gasteiger partial charge in [0.15, 0.2) is 5.43 Å². The number of para-hydroxylation sites is 1. The Balaban J connectivity index is 0.000000445. The van der Waals surface area contributed by atoms with Crippen molar-refractivity contribution in [3.63, 3.8) is 0 Å². The number of aromatic nitrogens is 1. The summed E-state index contributed by atoms with van der Waals surface area (Å²) in [5.41, 5.74) is 6.48. The second-order valence-corrected chi connectivity index (χ2v) is 5.82. The van der Waals surface area contributed by atoms with Gasteiger partial charge in [-0.3, -0.25) is 4.79 Å². The van der Waals surface area contributed by atoms with Crippen LogP contribution in [0, 0.1) is 0 Å². The Morgan fingerprint density at radius 1 is 1.33 bits per heavy atom. The topological polar surface area (TPSA) is 117 Å². The van der Waals surface area contributed by atoms with E-state index in [-0.39, 0.29) is 17.6 Å². The third kappa shape index (κ3) is 7.67. The molecule has 5 N–H and O–H groups in total. The second-order valence-electron chi connectivity index (χ2n) is 5.82. The van der Waals surface area contributed by atoms with Gasteiger partial charge >= 0.3 is 12.1 Å². The van der Waals surface area contributed by atoms with Crippen LogP contribution in [0.2, 0.25) is 0 Å². The van der Waals surface area contributed by atoms with Crippen molar-refractivity contribution in [2.75, 3.05) is 18.4 Å². The van der Waals surface area contributed by atoms with Crippen LogP contribution in [0.3, 0.4) is 0 Å². The molecule has 0 spiro atoms. The molecular weight excluding hydrogens is 367 g/mol. The van der Waals surface area contributed by atoms with Gasteiger partial charge in [-0.2, -0.15) is 13.2 Å². The summed E-state index contributed by atoms with van der Waals surface area (Å²) in [6, 6.07) is 9.00. The Labute approximate surface area is 153 Å². The SMILES string of the molecule is CC(C)OC(CN)CNc1cc(=O)c2ccccc2[nH]1.O=C(O)C(F)(F)F. The molecule has 0 bridgehead atoms. The number of pyridine rings is 1. The molecule has 7 nitrogen and oxygen atoms in total. The van der Waals surface area contributed by atoms with Crippen molar-refractivity contribution in [2.24, 2.45) is 5.73 Å². The van der Waals surface area contributed by atoms with Crippen LogP contribution in [0.15, 0.2) is 35.1 Å². The molecule has 10 heteroatoms. The summed E-state index contributed by atoms with van der Waals surface area (Å²) in [6.07, 6.45) is -5.04. The maximum Gasteiger partial charge on any atom is 0.490 e. The summed E-state index contributed by atoms with van der Waals surface area (Å²) in [5.74, 6) is -2.08. The van der Waals surface area contributed by atoms with Gasteiger partial charge in [-0.1, -0.05) is 12.1 Å². The van der Waals surface area contributed by atoms with Crippen molar-refractivity contribution in [2.45, 2.75) is 32.2 Å². The van der Waals surface area contributed by atoms with E-state index in [1.165, 1.54) is 0 Å². The van der Waals surface area contributed by atoms with E-state index < -0.39 is 12.1 Å². The normalized spacial score (nSPS) is 12.4. The number of alkyl halides is 3. The Morgan fingerprint density at radius 3 is 2.44 bits per heavy atom. The molecule has 0 aliphatic heterocycles. The minimum absolute atomic E-state index is 0.00377. The van der Waals surface area contributed by atoms with Gasteiger partial charge in [-0.05, 0) is 26.0 Å². The fraction of sp³-hybridized carbons (Fsp3) is 0.412. The van der Waals surface area contributed by atoms with E-state index >= 15 is 0 Å². The summed E-state index contributed by atoms with van der Waals surface area (Å²) in [4.78, 5) is 24.1. The number of carboxylic acids is 1. The van der Waals surface area contributed by atoms with E-state index in [1.807, 2.05) is 38.1 Å². The summed E-state index contributed by atoms with van der Waals surface area (Å²) in [5, 5.41) is 11.0. The van der Waals surface area contributed by atoms with Crippen LogP contribution in [-0.4, -0.2) is 47.5 Å². The Hall–Kier alpha value is -2.59. The number of rotatable bonds is 6. The number of ether oxygens (including phenoxy) is 1. The zero-order chi connectivity index (χ0) is 20.6. The maximum atomic E-state index is 12.0. The number of H-pyrrole nitrogens is 1. The molecule has 2 rings (SSSR count). The smallest absolute Gasteiger partial charge is 0.475 e.